The number of carbonyl (C=O) groups excluding carboxylic acids is 2. The van der Waals surface area contributed by atoms with Gasteiger partial charge in [-0.1, -0.05) is 6.42 Å². The van der Waals surface area contributed by atoms with Crippen molar-refractivity contribution in [3.63, 3.8) is 0 Å². The second-order valence-electron chi connectivity index (χ2n) is 8.24. The number of anilines is 1. The monoisotopic (exact) mass is 406 g/mol. The lowest BCUT2D eigenvalue weighted by Crippen LogP contribution is -2.31. The molecule has 0 spiro atoms. The summed E-state index contributed by atoms with van der Waals surface area (Å²) in [6, 6.07) is 13.0. The van der Waals surface area contributed by atoms with E-state index in [4.69, 9.17) is 4.74 Å². The van der Waals surface area contributed by atoms with Gasteiger partial charge in [0.05, 0.1) is 6.61 Å². The van der Waals surface area contributed by atoms with Gasteiger partial charge in [0, 0.05) is 29.9 Å². The Labute approximate surface area is 178 Å². The number of ether oxygens (including phenoxy) is 1. The van der Waals surface area contributed by atoms with Crippen LogP contribution in [-0.4, -0.2) is 49.4 Å². The summed E-state index contributed by atoms with van der Waals surface area (Å²) in [5.74, 6) is 0.841. The molecule has 2 aromatic carbocycles. The van der Waals surface area contributed by atoms with Crippen molar-refractivity contribution in [3.05, 3.63) is 59.2 Å². The van der Waals surface area contributed by atoms with E-state index in [0.717, 1.165) is 36.4 Å². The number of ketones is 1. The molecule has 0 aromatic heterocycles. The number of amides is 1. The number of hydrogen-bond donors (Lipinski definition) is 0. The molecular formula is C25H30N2O3. The number of hydrogen-bond acceptors (Lipinski definition) is 4. The molecule has 0 N–H and O–H groups in total. The van der Waals surface area contributed by atoms with E-state index in [1.807, 2.05) is 36.4 Å². The fourth-order valence-electron chi connectivity index (χ4n) is 4.34. The molecule has 2 heterocycles. The predicted molar refractivity (Wildman–Crippen MR) is 119 cm³/mol. The molecule has 0 atom stereocenters. The highest BCUT2D eigenvalue weighted by Crippen LogP contribution is 2.30. The molecule has 0 aliphatic carbocycles. The molecule has 158 valence electrons. The summed E-state index contributed by atoms with van der Waals surface area (Å²) in [6.07, 6.45) is 5.79. The SMILES string of the molecule is CC(=O)c1ccc2c(c1)CCN2C(=O)c1ccc(OCCCN2CCCCC2)cc1. The van der Waals surface area contributed by atoms with Crippen LogP contribution in [-0.2, 0) is 6.42 Å². The summed E-state index contributed by atoms with van der Waals surface area (Å²) >= 11 is 0. The molecule has 1 saturated heterocycles. The van der Waals surface area contributed by atoms with E-state index in [0.29, 0.717) is 24.3 Å². The van der Waals surface area contributed by atoms with Gasteiger partial charge in [-0.3, -0.25) is 9.59 Å². The highest BCUT2D eigenvalue weighted by atomic mass is 16.5. The van der Waals surface area contributed by atoms with Crippen LogP contribution >= 0.6 is 0 Å². The van der Waals surface area contributed by atoms with Crippen LogP contribution in [0.25, 0.3) is 0 Å². The van der Waals surface area contributed by atoms with Gasteiger partial charge < -0.3 is 14.5 Å². The first-order valence-electron chi connectivity index (χ1n) is 11.0. The number of piperidine rings is 1. The summed E-state index contributed by atoms with van der Waals surface area (Å²) in [5.41, 5.74) is 3.32. The lowest BCUT2D eigenvalue weighted by Gasteiger charge is -2.26. The molecule has 1 amide bonds. The topological polar surface area (TPSA) is 49.9 Å². The predicted octanol–water partition coefficient (Wildman–Crippen LogP) is 4.35. The van der Waals surface area contributed by atoms with Crippen molar-refractivity contribution in [3.8, 4) is 5.75 Å². The fraction of sp³-hybridized carbons (Fsp3) is 0.440. The highest BCUT2D eigenvalue weighted by Gasteiger charge is 2.26. The van der Waals surface area contributed by atoms with Crippen molar-refractivity contribution >= 4 is 17.4 Å². The Morgan fingerprint density at radius 3 is 2.40 bits per heavy atom. The first-order chi connectivity index (χ1) is 14.6. The number of Topliss-reactive ketones (excluding diaryl/α,β-unsaturated/α-hetero) is 1. The van der Waals surface area contributed by atoms with E-state index in [2.05, 4.69) is 4.90 Å². The average Bonchev–Trinajstić information content (AvgIpc) is 3.20. The third kappa shape index (κ3) is 4.73. The summed E-state index contributed by atoms with van der Waals surface area (Å²) in [4.78, 5) is 28.9. The van der Waals surface area contributed by atoms with Gasteiger partial charge >= 0.3 is 0 Å². The van der Waals surface area contributed by atoms with Gasteiger partial charge in [0.2, 0.25) is 0 Å². The molecule has 2 aliphatic heterocycles. The fourth-order valence-corrected chi connectivity index (χ4v) is 4.34. The maximum absolute atomic E-state index is 13.0. The van der Waals surface area contributed by atoms with Crippen molar-refractivity contribution in [1.29, 1.82) is 0 Å². The summed E-state index contributed by atoms with van der Waals surface area (Å²) < 4.78 is 5.87. The van der Waals surface area contributed by atoms with Gasteiger partial charge in [0.25, 0.3) is 5.91 Å². The van der Waals surface area contributed by atoms with Crippen molar-refractivity contribution in [2.75, 3.05) is 37.7 Å². The first kappa shape index (κ1) is 20.6. The third-order valence-electron chi connectivity index (χ3n) is 6.06. The standard InChI is InChI=1S/C25H30N2O3/c1-19(28)21-8-11-24-22(18-21)12-16-27(24)25(29)20-6-9-23(10-7-20)30-17-5-15-26-13-3-2-4-14-26/h6-11,18H,2-5,12-17H2,1H3. The van der Waals surface area contributed by atoms with Crippen LogP contribution in [0.2, 0.25) is 0 Å². The Morgan fingerprint density at radius 2 is 1.67 bits per heavy atom. The van der Waals surface area contributed by atoms with E-state index < -0.39 is 0 Å². The molecular weight excluding hydrogens is 376 g/mol. The van der Waals surface area contributed by atoms with Crippen LogP contribution in [0.5, 0.6) is 5.75 Å². The van der Waals surface area contributed by atoms with Gasteiger partial charge in [-0.05, 0) is 93.7 Å². The molecule has 0 unspecified atom stereocenters. The second kappa shape index (κ2) is 9.43. The Kier molecular flexibility index (Phi) is 6.48. The Bertz CT molecular complexity index is 901. The van der Waals surface area contributed by atoms with E-state index >= 15 is 0 Å². The minimum atomic E-state index is -0.0130. The highest BCUT2D eigenvalue weighted by molar-refractivity contribution is 6.07. The number of rotatable bonds is 7. The molecule has 2 aliphatic rings. The number of carbonyl (C=O) groups is 2. The Morgan fingerprint density at radius 1 is 0.933 bits per heavy atom. The molecule has 5 nitrogen and oxygen atoms in total. The maximum Gasteiger partial charge on any atom is 0.258 e. The van der Waals surface area contributed by atoms with Gasteiger partial charge in [0.1, 0.15) is 5.75 Å². The number of fused-ring (bicyclic) bond motifs is 1. The van der Waals surface area contributed by atoms with Crippen LogP contribution < -0.4 is 9.64 Å². The minimum Gasteiger partial charge on any atom is -0.494 e. The molecule has 0 bridgehead atoms. The summed E-state index contributed by atoms with van der Waals surface area (Å²) in [6.45, 7) is 6.43. The van der Waals surface area contributed by atoms with Crippen LogP contribution in [0.4, 0.5) is 5.69 Å². The van der Waals surface area contributed by atoms with Crippen molar-refractivity contribution in [2.45, 2.75) is 39.0 Å². The van der Waals surface area contributed by atoms with Crippen molar-refractivity contribution in [1.82, 2.24) is 4.90 Å². The van der Waals surface area contributed by atoms with Crippen LogP contribution in [0.3, 0.4) is 0 Å². The van der Waals surface area contributed by atoms with Gasteiger partial charge in [0.15, 0.2) is 5.78 Å². The molecule has 0 saturated carbocycles. The minimum absolute atomic E-state index is 0.0130. The molecule has 1 fully saturated rings. The van der Waals surface area contributed by atoms with E-state index in [1.165, 1.54) is 32.4 Å². The molecule has 2 aromatic rings. The van der Waals surface area contributed by atoms with Gasteiger partial charge in [-0.15, -0.1) is 0 Å². The van der Waals surface area contributed by atoms with E-state index in [9.17, 15) is 9.59 Å². The Hall–Kier alpha value is -2.66. The maximum atomic E-state index is 13.0. The Balaban J connectivity index is 1.31. The number of benzene rings is 2. The molecule has 0 radical (unpaired) electrons. The lowest BCUT2D eigenvalue weighted by atomic mass is 10.1. The lowest BCUT2D eigenvalue weighted by molar-refractivity contribution is 0.0987. The van der Waals surface area contributed by atoms with Crippen molar-refractivity contribution in [2.24, 2.45) is 0 Å². The van der Waals surface area contributed by atoms with Crippen LogP contribution in [0.15, 0.2) is 42.5 Å². The van der Waals surface area contributed by atoms with Crippen LogP contribution in [0.1, 0.15) is 58.9 Å². The van der Waals surface area contributed by atoms with Gasteiger partial charge in [-0.25, -0.2) is 0 Å². The average molecular weight is 407 g/mol. The summed E-state index contributed by atoms with van der Waals surface area (Å²) in [5, 5.41) is 0. The molecule has 5 heteroatoms. The zero-order valence-corrected chi connectivity index (χ0v) is 17.7. The molecule has 30 heavy (non-hydrogen) atoms. The number of nitrogens with zero attached hydrogens (tertiary/aromatic N) is 2. The molecule has 4 rings (SSSR count). The van der Waals surface area contributed by atoms with Crippen LogP contribution in [0, 0.1) is 0 Å². The number of likely N-dealkylation sites (tertiary alicyclic amines) is 1. The first-order valence-corrected chi connectivity index (χ1v) is 11.0. The quantitative estimate of drug-likeness (QED) is 0.507. The zero-order chi connectivity index (χ0) is 20.9. The van der Waals surface area contributed by atoms with E-state index in [1.54, 1.807) is 17.9 Å². The zero-order valence-electron chi connectivity index (χ0n) is 17.7. The smallest absolute Gasteiger partial charge is 0.258 e. The third-order valence-corrected chi connectivity index (χ3v) is 6.06. The van der Waals surface area contributed by atoms with Gasteiger partial charge in [-0.2, -0.15) is 0 Å². The normalized spacial score (nSPS) is 16.4. The second-order valence-corrected chi connectivity index (χ2v) is 8.24. The largest absolute Gasteiger partial charge is 0.494 e. The van der Waals surface area contributed by atoms with Crippen molar-refractivity contribution < 1.29 is 14.3 Å². The van der Waals surface area contributed by atoms with E-state index in [-0.39, 0.29) is 11.7 Å². The summed E-state index contributed by atoms with van der Waals surface area (Å²) in [7, 11) is 0.